The predicted molar refractivity (Wildman–Crippen MR) is 134 cm³/mol. The van der Waals surface area contributed by atoms with Crippen LogP contribution in [-0.4, -0.2) is 67.2 Å². The molecule has 2 aromatic rings. The molecule has 1 atom stereocenters. The molecule has 0 spiro atoms. The summed E-state index contributed by atoms with van der Waals surface area (Å²) in [6.45, 7) is 11.1. The summed E-state index contributed by atoms with van der Waals surface area (Å²) in [4.78, 5) is 20.1. The first-order chi connectivity index (χ1) is 16.9. The van der Waals surface area contributed by atoms with Crippen molar-refractivity contribution in [3.8, 4) is 5.75 Å². The number of hydrogen-bond donors (Lipinski definition) is 0. The third-order valence-corrected chi connectivity index (χ3v) is 7.43. The Kier molecular flexibility index (Phi) is 6.98. The van der Waals surface area contributed by atoms with Crippen molar-refractivity contribution in [1.82, 2.24) is 9.80 Å². The molecule has 6 nitrogen and oxygen atoms in total. The highest BCUT2D eigenvalue weighted by atomic mass is 19.1. The third kappa shape index (κ3) is 5.78. The number of ether oxygens (including phenoxy) is 2. The van der Waals surface area contributed by atoms with E-state index in [0.717, 1.165) is 62.6 Å². The van der Waals surface area contributed by atoms with Crippen LogP contribution >= 0.6 is 0 Å². The highest BCUT2D eigenvalue weighted by Crippen LogP contribution is 2.32. The van der Waals surface area contributed by atoms with Gasteiger partial charge in [-0.15, -0.1) is 0 Å². The topological polar surface area (TPSA) is 45.2 Å². The molecule has 0 aromatic heterocycles. The van der Waals surface area contributed by atoms with Crippen LogP contribution in [0.15, 0.2) is 42.5 Å². The van der Waals surface area contributed by atoms with Crippen molar-refractivity contribution < 1.29 is 18.7 Å². The van der Waals surface area contributed by atoms with E-state index in [2.05, 4.69) is 41.8 Å². The zero-order chi connectivity index (χ0) is 24.4. The number of carbonyl (C=O) groups excluding carboxylic acids is 1. The molecule has 0 saturated carbocycles. The Bertz CT molecular complexity index is 1030. The van der Waals surface area contributed by atoms with Gasteiger partial charge in [0.15, 0.2) is 0 Å². The molecule has 3 aliphatic heterocycles. The Balaban J connectivity index is 1.20. The number of amides is 1. The molecule has 0 aliphatic carbocycles. The van der Waals surface area contributed by atoms with Gasteiger partial charge in [-0.1, -0.05) is 6.07 Å². The normalized spacial score (nSPS) is 22.8. The van der Waals surface area contributed by atoms with Crippen LogP contribution in [0.4, 0.5) is 10.1 Å². The van der Waals surface area contributed by atoms with Crippen LogP contribution in [-0.2, 0) is 22.6 Å². The molecule has 5 rings (SSSR count). The first-order valence-corrected chi connectivity index (χ1v) is 12.8. The maximum atomic E-state index is 13.4. The summed E-state index contributed by atoms with van der Waals surface area (Å²) in [6.07, 6.45) is 1.55. The number of piperazine rings is 1. The van der Waals surface area contributed by atoms with Gasteiger partial charge >= 0.3 is 0 Å². The van der Waals surface area contributed by atoms with Gasteiger partial charge in [0.05, 0.1) is 12.1 Å². The summed E-state index contributed by atoms with van der Waals surface area (Å²) in [5.74, 6) is 0.926. The Morgan fingerprint density at radius 1 is 1.03 bits per heavy atom. The largest absolute Gasteiger partial charge is 0.491 e. The van der Waals surface area contributed by atoms with E-state index in [1.54, 1.807) is 0 Å². The van der Waals surface area contributed by atoms with Crippen molar-refractivity contribution >= 4 is 11.6 Å². The van der Waals surface area contributed by atoms with E-state index >= 15 is 0 Å². The molecule has 1 unspecified atom stereocenters. The fourth-order valence-corrected chi connectivity index (χ4v) is 5.51. The number of hydrogen-bond acceptors (Lipinski definition) is 5. The molecule has 2 aromatic carbocycles. The minimum atomic E-state index is -0.243. The van der Waals surface area contributed by atoms with Gasteiger partial charge in [0.2, 0.25) is 5.91 Å². The quantitative estimate of drug-likeness (QED) is 0.659. The Morgan fingerprint density at radius 2 is 1.80 bits per heavy atom. The summed E-state index contributed by atoms with van der Waals surface area (Å²) >= 11 is 0. The van der Waals surface area contributed by atoms with Gasteiger partial charge in [-0.25, -0.2) is 4.39 Å². The molecule has 2 saturated heterocycles. The lowest BCUT2D eigenvalue weighted by atomic mass is 9.87. The maximum absolute atomic E-state index is 13.4. The Hall–Kier alpha value is -2.64. The Labute approximate surface area is 207 Å². The summed E-state index contributed by atoms with van der Waals surface area (Å²) in [5.41, 5.74) is 3.16. The van der Waals surface area contributed by atoms with E-state index in [0.29, 0.717) is 26.3 Å². The number of rotatable bonds is 4. The predicted octanol–water partition coefficient (Wildman–Crippen LogP) is 4.07. The fraction of sp³-hybridized carbons (Fsp3) is 0.536. The minimum absolute atomic E-state index is 0.0147. The van der Waals surface area contributed by atoms with Gasteiger partial charge < -0.3 is 19.3 Å². The summed E-state index contributed by atoms with van der Waals surface area (Å²) in [6, 6.07) is 13.2. The van der Waals surface area contributed by atoms with Crippen LogP contribution in [0.1, 0.15) is 37.8 Å². The highest BCUT2D eigenvalue weighted by molar-refractivity contribution is 5.79. The van der Waals surface area contributed by atoms with Crippen LogP contribution in [0, 0.1) is 11.7 Å². The average Bonchev–Trinajstić information content (AvgIpc) is 3.06. The second-order valence-electron chi connectivity index (χ2n) is 10.6. The van der Waals surface area contributed by atoms with Gasteiger partial charge in [0.1, 0.15) is 18.2 Å². The molecule has 2 fully saturated rings. The Morgan fingerprint density at radius 3 is 2.54 bits per heavy atom. The van der Waals surface area contributed by atoms with Gasteiger partial charge in [-0.3, -0.25) is 9.69 Å². The summed E-state index contributed by atoms with van der Waals surface area (Å²) in [7, 11) is 0. The van der Waals surface area contributed by atoms with Gasteiger partial charge in [-0.05, 0) is 68.7 Å². The lowest BCUT2D eigenvalue weighted by Gasteiger charge is -2.37. The SMILES string of the molecule is CC1(C)CC(C(=O)N2CCOc3ccc(CN4CCN(c5ccc(F)cc5)CC4)cc3C2)CCO1. The number of benzene rings is 2. The average molecular weight is 482 g/mol. The molecular weight excluding hydrogens is 445 g/mol. The summed E-state index contributed by atoms with van der Waals surface area (Å²) < 4.78 is 25.1. The van der Waals surface area contributed by atoms with E-state index in [4.69, 9.17) is 9.47 Å². The molecule has 3 aliphatic rings. The van der Waals surface area contributed by atoms with E-state index in [9.17, 15) is 9.18 Å². The van der Waals surface area contributed by atoms with Crippen molar-refractivity contribution in [3.63, 3.8) is 0 Å². The molecule has 3 heterocycles. The monoisotopic (exact) mass is 481 g/mol. The molecule has 0 N–H and O–H groups in total. The van der Waals surface area contributed by atoms with Gasteiger partial charge in [-0.2, -0.15) is 0 Å². The number of nitrogens with zero attached hydrogens (tertiary/aromatic N) is 3. The summed E-state index contributed by atoms with van der Waals surface area (Å²) in [5, 5.41) is 0. The second-order valence-corrected chi connectivity index (χ2v) is 10.6. The molecule has 7 heteroatoms. The number of anilines is 1. The van der Waals surface area contributed by atoms with Crippen LogP contribution in [0.5, 0.6) is 5.75 Å². The minimum Gasteiger partial charge on any atom is -0.491 e. The standard InChI is InChI=1S/C28H36FN3O3/c1-28(2)18-22(9-15-35-28)27(33)32-14-16-34-26-8-3-21(17-23(26)20-32)19-30-10-12-31(13-11-30)25-6-4-24(29)5-7-25/h3-8,17,22H,9-16,18-20H2,1-2H3. The number of carbonyl (C=O) groups is 1. The van der Waals surface area contributed by atoms with E-state index < -0.39 is 0 Å². The zero-order valence-electron chi connectivity index (χ0n) is 20.8. The maximum Gasteiger partial charge on any atom is 0.226 e. The van der Waals surface area contributed by atoms with Gasteiger partial charge in [0, 0.05) is 63.0 Å². The molecule has 188 valence electrons. The van der Waals surface area contributed by atoms with Crippen LogP contribution in [0.2, 0.25) is 0 Å². The third-order valence-electron chi connectivity index (χ3n) is 7.43. The van der Waals surface area contributed by atoms with Crippen molar-refractivity contribution in [2.75, 3.05) is 50.8 Å². The first kappa shape index (κ1) is 24.1. The van der Waals surface area contributed by atoms with Crippen molar-refractivity contribution in [2.24, 2.45) is 5.92 Å². The highest BCUT2D eigenvalue weighted by Gasteiger charge is 2.35. The van der Waals surface area contributed by atoms with E-state index in [1.807, 2.05) is 17.0 Å². The lowest BCUT2D eigenvalue weighted by Crippen LogP contribution is -2.46. The fourth-order valence-electron chi connectivity index (χ4n) is 5.51. The molecule has 35 heavy (non-hydrogen) atoms. The van der Waals surface area contributed by atoms with Crippen LogP contribution in [0.25, 0.3) is 0 Å². The zero-order valence-corrected chi connectivity index (χ0v) is 20.8. The second kappa shape index (κ2) is 10.2. The number of fused-ring (bicyclic) bond motifs is 1. The van der Waals surface area contributed by atoms with Crippen molar-refractivity contribution in [2.45, 2.75) is 45.4 Å². The van der Waals surface area contributed by atoms with E-state index in [-0.39, 0.29) is 23.2 Å². The lowest BCUT2D eigenvalue weighted by molar-refractivity contribution is -0.146. The number of halogens is 1. The van der Waals surface area contributed by atoms with Crippen LogP contribution < -0.4 is 9.64 Å². The molecule has 0 radical (unpaired) electrons. The smallest absolute Gasteiger partial charge is 0.226 e. The van der Waals surface area contributed by atoms with Crippen molar-refractivity contribution in [1.29, 1.82) is 0 Å². The van der Waals surface area contributed by atoms with Crippen molar-refractivity contribution in [3.05, 3.63) is 59.4 Å². The van der Waals surface area contributed by atoms with Crippen LogP contribution in [0.3, 0.4) is 0 Å². The van der Waals surface area contributed by atoms with Gasteiger partial charge in [0.25, 0.3) is 0 Å². The molecule has 0 bridgehead atoms. The van der Waals surface area contributed by atoms with E-state index in [1.165, 1.54) is 17.7 Å². The first-order valence-electron chi connectivity index (χ1n) is 12.8. The molecule has 1 amide bonds. The molecular formula is C28H36FN3O3.